The Balaban J connectivity index is 1.78. The maximum Gasteiger partial charge on any atom is 0.320 e. The number of hydrogen-bond acceptors (Lipinski definition) is 3. The predicted molar refractivity (Wildman–Crippen MR) is 62.4 cm³/mol. The molecule has 0 aromatic carbocycles. The second-order valence-corrected chi connectivity index (χ2v) is 5.16. The SMILES string of the molecule is O=C(O)C1CC(CC2CCNCC2)CCN1. The van der Waals surface area contributed by atoms with Crippen molar-refractivity contribution in [2.45, 2.75) is 38.1 Å². The first-order valence-electron chi connectivity index (χ1n) is 6.42. The third kappa shape index (κ3) is 3.19. The Morgan fingerprint density at radius 2 is 1.81 bits per heavy atom. The molecule has 0 spiro atoms. The van der Waals surface area contributed by atoms with E-state index in [4.69, 9.17) is 5.11 Å². The summed E-state index contributed by atoms with van der Waals surface area (Å²) in [5.74, 6) is 0.749. The van der Waals surface area contributed by atoms with Crippen LogP contribution in [0, 0.1) is 11.8 Å². The van der Waals surface area contributed by atoms with E-state index in [2.05, 4.69) is 10.6 Å². The molecule has 4 nitrogen and oxygen atoms in total. The van der Waals surface area contributed by atoms with Crippen molar-refractivity contribution in [2.75, 3.05) is 19.6 Å². The first-order chi connectivity index (χ1) is 7.75. The first-order valence-corrected chi connectivity index (χ1v) is 6.42. The standard InChI is InChI=1S/C12H22N2O2/c15-12(16)11-8-10(3-6-14-11)7-9-1-4-13-5-2-9/h9-11,13-14H,1-8H2,(H,15,16). The zero-order chi connectivity index (χ0) is 11.4. The molecule has 2 aliphatic rings. The van der Waals surface area contributed by atoms with E-state index in [1.807, 2.05) is 0 Å². The third-order valence-corrected chi connectivity index (χ3v) is 3.94. The van der Waals surface area contributed by atoms with Gasteiger partial charge in [-0.2, -0.15) is 0 Å². The molecule has 0 bridgehead atoms. The van der Waals surface area contributed by atoms with Gasteiger partial charge in [-0.25, -0.2) is 0 Å². The van der Waals surface area contributed by atoms with Gasteiger partial charge in [-0.1, -0.05) is 0 Å². The lowest BCUT2D eigenvalue weighted by molar-refractivity contribution is -0.140. The fourth-order valence-electron chi connectivity index (χ4n) is 2.99. The monoisotopic (exact) mass is 226 g/mol. The molecule has 2 fully saturated rings. The highest BCUT2D eigenvalue weighted by Gasteiger charge is 2.28. The lowest BCUT2D eigenvalue weighted by Crippen LogP contribution is -2.44. The Morgan fingerprint density at radius 3 is 2.50 bits per heavy atom. The molecule has 2 heterocycles. The molecular weight excluding hydrogens is 204 g/mol. The lowest BCUT2D eigenvalue weighted by atomic mass is 9.81. The maximum absolute atomic E-state index is 10.9. The lowest BCUT2D eigenvalue weighted by Gasteiger charge is -2.32. The van der Waals surface area contributed by atoms with E-state index in [0.717, 1.165) is 38.4 Å². The second-order valence-electron chi connectivity index (χ2n) is 5.16. The van der Waals surface area contributed by atoms with Gasteiger partial charge in [0.05, 0.1) is 0 Å². The molecular formula is C12H22N2O2. The summed E-state index contributed by atoms with van der Waals surface area (Å²) >= 11 is 0. The number of nitrogens with one attached hydrogen (secondary N) is 2. The van der Waals surface area contributed by atoms with Gasteiger partial charge in [0.1, 0.15) is 6.04 Å². The molecule has 16 heavy (non-hydrogen) atoms. The minimum Gasteiger partial charge on any atom is -0.480 e. The third-order valence-electron chi connectivity index (χ3n) is 3.94. The highest BCUT2D eigenvalue weighted by Crippen LogP contribution is 2.28. The van der Waals surface area contributed by atoms with Crippen LogP contribution >= 0.6 is 0 Å². The smallest absolute Gasteiger partial charge is 0.320 e. The van der Waals surface area contributed by atoms with E-state index in [1.165, 1.54) is 19.3 Å². The summed E-state index contributed by atoms with van der Waals surface area (Å²) in [5, 5.41) is 15.4. The van der Waals surface area contributed by atoms with Gasteiger partial charge in [0.2, 0.25) is 0 Å². The molecule has 3 N–H and O–H groups in total. The van der Waals surface area contributed by atoms with Crippen molar-refractivity contribution in [2.24, 2.45) is 11.8 Å². The number of carboxylic acid groups (broad SMARTS) is 1. The Kier molecular flexibility index (Phi) is 4.18. The predicted octanol–water partition coefficient (Wildman–Crippen LogP) is 0.829. The number of rotatable bonds is 3. The van der Waals surface area contributed by atoms with Crippen molar-refractivity contribution >= 4 is 5.97 Å². The zero-order valence-electron chi connectivity index (χ0n) is 9.74. The average molecular weight is 226 g/mol. The zero-order valence-corrected chi connectivity index (χ0v) is 9.74. The fraction of sp³-hybridized carbons (Fsp3) is 0.917. The van der Waals surface area contributed by atoms with Gasteiger partial charge in [0.25, 0.3) is 0 Å². The summed E-state index contributed by atoms with van der Waals surface area (Å²) in [6.07, 6.45) is 5.73. The topological polar surface area (TPSA) is 61.4 Å². The summed E-state index contributed by atoms with van der Waals surface area (Å²) in [5.41, 5.74) is 0. The summed E-state index contributed by atoms with van der Waals surface area (Å²) in [6, 6.07) is -0.305. The van der Waals surface area contributed by atoms with Crippen LogP contribution in [-0.2, 0) is 4.79 Å². The molecule has 0 saturated carbocycles. The van der Waals surface area contributed by atoms with Crippen LogP contribution in [0.4, 0.5) is 0 Å². The van der Waals surface area contributed by atoms with Gasteiger partial charge in [-0.15, -0.1) is 0 Å². The van der Waals surface area contributed by atoms with E-state index in [-0.39, 0.29) is 6.04 Å². The summed E-state index contributed by atoms with van der Waals surface area (Å²) in [7, 11) is 0. The molecule has 0 aromatic rings. The molecule has 4 heteroatoms. The fourth-order valence-corrected chi connectivity index (χ4v) is 2.99. The van der Waals surface area contributed by atoms with Crippen LogP contribution in [0.15, 0.2) is 0 Å². The van der Waals surface area contributed by atoms with E-state index >= 15 is 0 Å². The summed E-state index contributed by atoms with van der Waals surface area (Å²) < 4.78 is 0. The molecule has 2 aliphatic heterocycles. The Hall–Kier alpha value is -0.610. The highest BCUT2D eigenvalue weighted by atomic mass is 16.4. The number of hydrogen-bond donors (Lipinski definition) is 3. The molecule has 2 atom stereocenters. The first kappa shape index (κ1) is 11.9. The molecule has 2 rings (SSSR count). The van der Waals surface area contributed by atoms with Gasteiger partial charge >= 0.3 is 5.97 Å². The van der Waals surface area contributed by atoms with E-state index < -0.39 is 5.97 Å². The van der Waals surface area contributed by atoms with Crippen molar-refractivity contribution in [3.63, 3.8) is 0 Å². The molecule has 0 aromatic heterocycles. The van der Waals surface area contributed by atoms with Gasteiger partial charge in [0.15, 0.2) is 0 Å². The van der Waals surface area contributed by atoms with Crippen molar-refractivity contribution < 1.29 is 9.90 Å². The van der Waals surface area contributed by atoms with Gasteiger partial charge in [0, 0.05) is 0 Å². The van der Waals surface area contributed by atoms with Crippen molar-refractivity contribution in [1.29, 1.82) is 0 Å². The van der Waals surface area contributed by atoms with Crippen LogP contribution < -0.4 is 10.6 Å². The van der Waals surface area contributed by atoms with Crippen LogP contribution in [0.3, 0.4) is 0 Å². The average Bonchev–Trinajstić information content (AvgIpc) is 2.30. The Morgan fingerprint density at radius 1 is 1.12 bits per heavy atom. The Labute approximate surface area is 96.8 Å². The van der Waals surface area contributed by atoms with Gasteiger partial charge in [-0.05, 0) is 63.6 Å². The van der Waals surface area contributed by atoms with Gasteiger partial charge < -0.3 is 15.7 Å². The number of aliphatic carboxylic acids is 1. The van der Waals surface area contributed by atoms with Crippen LogP contribution in [0.5, 0.6) is 0 Å². The summed E-state index contributed by atoms with van der Waals surface area (Å²) in [4.78, 5) is 10.9. The molecule has 92 valence electrons. The van der Waals surface area contributed by atoms with Crippen molar-refractivity contribution in [1.82, 2.24) is 10.6 Å². The van der Waals surface area contributed by atoms with E-state index in [0.29, 0.717) is 5.92 Å². The minimum absolute atomic E-state index is 0.305. The molecule has 2 unspecified atom stereocenters. The summed E-state index contributed by atoms with van der Waals surface area (Å²) in [6.45, 7) is 3.14. The largest absolute Gasteiger partial charge is 0.480 e. The number of carboxylic acids is 1. The quantitative estimate of drug-likeness (QED) is 0.667. The number of piperidine rings is 2. The maximum atomic E-state index is 10.9. The highest BCUT2D eigenvalue weighted by molar-refractivity contribution is 5.73. The molecule has 0 amide bonds. The van der Waals surface area contributed by atoms with Crippen LogP contribution in [0.25, 0.3) is 0 Å². The minimum atomic E-state index is -0.685. The molecule has 0 aliphatic carbocycles. The van der Waals surface area contributed by atoms with Crippen molar-refractivity contribution in [3.8, 4) is 0 Å². The van der Waals surface area contributed by atoms with E-state index in [1.54, 1.807) is 0 Å². The van der Waals surface area contributed by atoms with Crippen molar-refractivity contribution in [3.05, 3.63) is 0 Å². The van der Waals surface area contributed by atoms with E-state index in [9.17, 15) is 4.79 Å². The van der Waals surface area contributed by atoms with Crippen LogP contribution in [-0.4, -0.2) is 36.8 Å². The van der Waals surface area contributed by atoms with Gasteiger partial charge in [-0.3, -0.25) is 4.79 Å². The van der Waals surface area contributed by atoms with Crippen LogP contribution in [0.1, 0.15) is 32.1 Å². The van der Waals surface area contributed by atoms with Crippen LogP contribution in [0.2, 0.25) is 0 Å². The number of carbonyl (C=O) groups is 1. The molecule has 0 radical (unpaired) electrons. The second kappa shape index (κ2) is 5.64. The molecule has 2 saturated heterocycles. The Bertz CT molecular complexity index is 239. The normalized spacial score (nSPS) is 32.5.